The number of rotatable bonds is 9. The van der Waals surface area contributed by atoms with Gasteiger partial charge in [-0.05, 0) is 19.1 Å². The van der Waals surface area contributed by atoms with Gasteiger partial charge in [0.05, 0.1) is 43.1 Å². The van der Waals surface area contributed by atoms with Gasteiger partial charge in [-0.3, -0.25) is 14.2 Å². The highest BCUT2D eigenvalue weighted by atomic mass is 32.2. The van der Waals surface area contributed by atoms with Crippen LogP contribution in [-0.4, -0.2) is 71.6 Å². The molecule has 178 valence electrons. The van der Waals surface area contributed by atoms with Crippen LogP contribution in [0.3, 0.4) is 0 Å². The van der Waals surface area contributed by atoms with Crippen LogP contribution >= 0.6 is 11.3 Å². The maximum absolute atomic E-state index is 13.3. The number of ether oxygens (including phenoxy) is 1. The Morgan fingerprint density at radius 1 is 1.33 bits per heavy atom. The summed E-state index contributed by atoms with van der Waals surface area (Å²) in [6.07, 6.45) is 1.60. The predicted molar refractivity (Wildman–Crippen MR) is 116 cm³/mol. The Morgan fingerprint density at radius 3 is 2.88 bits per heavy atom. The molecular weight excluding hydrogens is 478 g/mol. The third kappa shape index (κ3) is 5.88. The van der Waals surface area contributed by atoms with E-state index in [2.05, 4.69) is 25.1 Å². The average Bonchev–Trinajstić information content (AvgIpc) is 3.46. The van der Waals surface area contributed by atoms with E-state index in [1.54, 1.807) is 18.3 Å². The Balaban J connectivity index is 1.52. The fourth-order valence-corrected chi connectivity index (χ4v) is 5.69. The predicted octanol–water partition coefficient (Wildman–Crippen LogP) is 2.58. The van der Waals surface area contributed by atoms with E-state index in [0.717, 1.165) is 11.3 Å². The number of nitrogens with zero attached hydrogens (tertiary/aromatic N) is 6. The van der Waals surface area contributed by atoms with Crippen LogP contribution in [0.2, 0.25) is 0 Å². The number of hydrogen-bond acceptors (Lipinski definition) is 10. The summed E-state index contributed by atoms with van der Waals surface area (Å²) in [5.74, 6) is -0.961. The second kappa shape index (κ2) is 10.2. The van der Waals surface area contributed by atoms with Gasteiger partial charge in [0.2, 0.25) is 10.0 Å². The maximum Gasteiger partial charge on any atom is 0.314 e. The van der Waals surface area contributed by atoms with Crippen LogP contribution in [0.4, 0.5) is 14.5 Å². The van der Waals surface area contributed by atoms with Crippen molar-refractivity contribution in [2.45, 2.75) is 26.0 Å². The van der Waals surface area contributed by atoms with Gasteiger partial charge in [-0.1, -0.05) is 0 Å². The SMILES string of the molecule is C[C@@H]1CN(CCS(=O)(=O)N(Cc2ncc(-c3nnc(C(F)F)o3)s2)c2cccnc2)CCO1. The lowest BCUT2D eigenvalue weighted by Crippen LogP contribution is -2.44. The first-order valence-electron chi connectivity index (χ1n) is 10.1. The summed E-state index contributed by atoms with van der Waals surface area (Å²) < 4.78 is 63.8. The molecule has 0 N–H and O–H groups in total. The van der Waals surface area contributed by atoms with E-state index in [1.807, 2.05) is 6.92 Å². The van der Waals surface area contributed by atoms with Crippen molar-refractivity contribution in [1.29, 1.82) is 0 Å². The van der Waals surface area contributed by atoms with Crippen molar-refractivity contribution in [2.75, 3.05) is 36.3 Å². The number of thiazole rings is 1. The molecule has 1 aliphatic rings. The fourth-order valence-electron chi connectivity index (χ4n) is 3.33. The minimum Gasteiger partial charge on any atom is -0.414 e. The summed E-state index contributed by atoms with van der Waals surface area (Å²) in [6, 6.07) is 3.31. The normalized spacial score (nSPS) is 17.5. The van der Waals surface area contributed by atoms with Gasteiger partial charge in [0.15, 0.2) is 0 Å². The van der Waals surface area contributed by atoms with Crippen LogP contribution in [0, 0.1) is 0 Å². The van der Waals surface area contributed by atoms with Gasteiger partial charge in [-0.25, -0.2) is 13.4 Å². The Labute approximate surface area is 193 Å². The smallest absolute Gasteiger partial charge is 0.314 e. The lowest BCUT2D eigenvalue weighted by molar-refractivity contribution is -0.0160. The lowest BCUT2D eigenvalue weighted by atomic mass is 10.3. The van der Waals surface area contributed by atoms with E-state index in [4.69, 9.17) is 9.15 Å². The van der Waals surface area contributed by atoms with E-state index in [1.165, 1.54) is 16.7 Å². The molecular formula is C19H22F2N6O4S2. The number of halogens is 2. The number of aromatic nitrogens is 4. The molecule has 3 aromatic heterocycles. The molecule has 1 saturated heterocycles. The number of alkyl halides is 2. The van der Waals surface area contributed by atoms with Crippen LogP contribution in [-0.2, 0) is 21.3 Å². The van der Waals surface area contributed by atoms with Crippen molar-refractivity contribution in [2.24, 2.45) is 0 Å². The summed E-state index contributed by atoms with van der Waals surface area (Å²) >= 11 is 1.09. The zero-order valence-corrected chi connectivity index (χ0v) is 19.3. The highest BCUT2D eigenvalue weighted by Crippen LogP contribution is 2.29. The standard InChI is InChI=1S/C19H22F2N6O4S2/c1-13-11-26(5-7-30-13)6-8-33(28,29)27(14-3-2-4-22-9-14)12-16-23-10-15(32-16)18-24-25-19(31-18)17(20)21/h2-4,9-10,13,17H,5-8,11-12H2,1H3/t13-/m1/s1. The highest BCUT2D eigenvalue weighted by Gasteiger charge is 2.27. The molecule has 1 aliphatic heterocycles. The van der Waals surface area contributed by atoms with E-state index in [9.17, 15) is 17.2 Å². The van der Waals surface area contributed by atoms with Crippen molar-refractivity contribution >= 4 is 27.0 Å². The zero-order valence-electron chi connectivity index (χ0n) is 17.7. The molecule has 0 spiro atoms. The number of anilines is 1. The van der Waals surface area contributed by atoms with Crippen molar-refractivity contribution in [3.63, 3.8) is 0 Å². The summed E-state index contributed by atoms with van der Waals surface area (Å²) in [6.45, 7) is 4.19. The monoisotopic (exact) mass is 500 g/mol. The second-order valence-corrected chi connectivity index (χ2v) is 10.5. The van der Waals surface area contributed by atoms with Crippen molar-refractivity contribution in [3.8, 4) is 10.8 Å². The molecule has 0 radical (unpaired) electrons. The van der Waals surface area contributed by atoms with Crippen molar-refractivity contribution in [1.82, 2.24) is 25.1 Å². The first-order chi connectivity index (χ1) is 15.8. The van der Waals surface area contributed by atoms with Gasteiger partial charge < -0.3 is 9.15 Å². The molecule has 14 heteroatoms. The molecule has 0 aliphatic carbocycles. The molecule has 0 unspecified atom stereocenters. The Bertz CT molecular complexity index is 1160. The minimum atomic E-state index is -3.73. The van der Waals surface area contributed by atoms with E-state index < -0.39 is 22.3 Å². The van der Waals surface area contributed by atoms with E-state index in [0.29, 0.717) is 41.8 Å². The first-order valence-corrected chi connectivity index (χ1v) is 12.6. The largest absolute Gasteiger partial charge is 0.414 e. The summed E-state index contributed by atoms with van der Waals surface area (Å²) in [5, 5.41) is 7.36. The van der Waals surface area contributed by atoms with Crippen LogP contribution < -0.4 is 4.31 Å². The first kappa shape index (κ1) is 23.6. The highest BCUT2D eigenvalue weighted by molar-refractivity contribution is 7.92. The Morgan fingerprint density at radius 2 is 2.18 bits per heavy atom. The fraction of sp³-hybridized carbons (Fsp3) is 0.474. The van der Waals surface area contributed by atoms with E-state index >= 15 is 0 Å². The topological polar surface area (TPSA) is 115 Å². The molecule has 1 atom stereocenters. The molecule has 0 amide bonds. The van der Waals surface area contributed by atoms with Crippen molar-refractivity contribution < 1.29 is 26.4 Å². The molecule has 0 bridgehead atoms. The third-order valence-electron chi connectivity index (χ3n) is 4.93. The van der Waals surface area contributed by atoms with Crippen LogP contribution in [0.1, 0.15) is 24.2 Å². The van der Waals surface area contributed by atoms with Crippen molar-refractivity contribution in [3.05, 3.63) is 41.6 Å². The summed E-state index contributed by atoms with van der Waals surface area (Å²) in [5.41, 5.74) is 0.405. The van der Waals surface area contributed by atoms with Gasteiger partial charge >= 0.3 is 6.43 Å². The molecule has 1 fully saturated rings. The van der Waals surface area contributed by atoms with Gasteiger partial charge in [0, 0.05) is 25.8 Å². The molecule has 4 heterocycles. The lowest BCUT2D eigenvalue weighted by Gasteiger charge is -2.31. The number of hydrogen-bond donors (Lipinski definition) is 0. The van der Waals surface area contributed by atoms with Gasteiger partial charge in [-0.2, -0.15) is 8.78 Å². The maximum atomic E-state index is 13.3. The van der Waals surface area contributed by atoms with Gasteiger partial charge in [0.25, 0.3) is 11.8 Å². The molecule has 10 nitrogen and oxygen atoms in total. The molecule has 0 saturated carbocycles. The summed E-state index contributed by atoms with van der Waals surface area (Å²) in [7, 11) is -3.73. The van der Waals surface area contributed by atoms with Crippen LogP contribution in [0.15, 0.2) is 35.1 Å². The minimum absolute atomic E-state index is 0.0476. The quantitative estimate of drug-likeness (QED) is 0.437. The number of pyridine rings is 1. The molecule has 33 heavy (non-hydrogen) atoms. The Kier molecular flexibility index (Phi) is 7.26. The zero-order chi connectivity index (χ0) is 23.4. The molecule has 0 aromatic carbocycles. The molecule has 4 rings (SSSR count). The van der Waals surface area contributed by atoms with Gasteiger partial charge in [-0.15, -0.1) is 21.5 Å². The summed E-state index contributed by atoms with van der Waals surface area (Å²) in [4.78, 5) is 10.7. The molecule has 3 aromatic rings. The number of sulfonamides is 1. The van der Waals surface area contributed by atoms with Crippen LogP contribution in [0.25, 0.3) is 10.8 Å². The second-order valence-electron chi connectivity index (χ2n) is 7.38. The number of morpholine rings is 1. The van der Waals surface area contributed by atoms with Crippen LogP contribution in [0.5, 0.6) is 0 Å². The Hall–Kier alpha value is -2.55. The van der Waals surface area contributed by atoms with E-state index in [-0.39, 0.29) is 24.3 Å². The third-order valence-corrected chi connectivity index (χ3v) is 7.61. The average molecular weight is 501 g/mol. The van der Waals surface area contributed by atoms with Gasteiger partial charge in [0.1, 0.15) is 9.88 Å².